The lowest BCUT2D eigenvalue weighted by Gasteiger charge is -2.22. The van der Waals surface area contributed by atoms with Crippen molar-refractivity contribution >= 4 is 40.0 Å². The van der Waals surface area contributed by atoms with Gasteiger partial charge in [-0.2, -0.15) is 0 Å². The monoisotopic (exact) mass is 520 g/mol. The van der Waals surface area contributed by atoms with E-state index in [-0.39, 0.29) is 48.6 Å². The molecule has 0 bridgehead atoms. The smallest absolute Gasteiger partial charge is 0.213 e. The summed E-state index contributed by atoms with van der Waals surface area (Å²) < 4.78 is 39.8. The third-order valence-electron chi connectivity index (χ3n) is 3.90. The molecule has 0 aliphatic heterocycles. The van der Waals surface area contributed by atoms with Crippen molar-refractivity contribution in [3.05, 3.63) is 71.5 Å². The molecule has 0 unspecified atom stereocenters. The first-order valence-corrected chi connectivity index (χ1v) is 10.2. The Morgan fingerprint density at radius 3 is 2.32 bits per heavy atom. The second kappa shape index (κ2) is 12.0. The summed E-state index contributed by atoms with van der Waals surface area (Å²) in [6.45, 7) is 1.02. The highest BCUT2D eigenvalue weighted by atomic mass is 127. The van der Waals surface area contributed by atoms with Crippen LogP contribution in [0.25, 0.3) is 0 Å². The third kappa shape index (κ3) is 8.53. The highest BCUT2D eigenvalue weighted by molar-refractivity contribution is 14.0. The lowest BCUT2D eigenvalue weighted by Crippen LogP contribution is -2.41. The number of nitrogens with one attached hydrogen (secondary N) is 2. The molecule has 0 atom stereocenters. The fourth-order valence-corrected chi connectivity index (χ4v) is 3.38. The van der Waals surface area contributed by atoms with Crippen molar-refractivity contribution in [2.75, 3.05) is 26.4 Å². The van der Waals surface area contributed by atoms with Crippen LogP contribution in [0.2, 0.25) is 0 Å². The summed E-state index contributed by atoms with van der Waals surface area (Å²) in [5, 5.41) is 3.04. The average molecular weight is 520 g/mol. The van der Waals surface area contributed by atoms with E-state index < -0.39 is 10.0 Å². The Morgan fingerprint density at radius 1 is 1.07 bits per heavy atom. The molecule has 0 fully saturated rings. The fourth-order valence-electron chi connectivity index (χ4n) is 2.48. The minimum Gasteiger partial charge on any atom is -0.355 e. The third-order valence-corrected chi connectivity index (χ3v) is 5.23. The van der Waals surface area contributed by atoms with Gasteiger partial charge in [0.2, 0.25) is 10.0 Å². The van der Waals surface area contributed by atoms with Crippen molar-refractivity contribution in [2.24, 2.45) is 4.99 Å². The van der Waals surface area contributed by atoms with Crippen molar-refractivity contribution in [1.29, 1.82) is 0 Å². The molecule has 0 heterocycles. The van der Waals surface area contributed by atoms with Crippen LogP contribution in [-0.4, -0.2) is 45.7 Å². The van der Waals surface area contributed by atoms with Crippen molar-refractivity contribution in [3.8, 4) is 0 Å². The molecule has 0 aliphatic rings. The number of rotatable bonds is 8. The van der Waals surface area contributed by atoms with E-state index in [9.17, 15) is 12.8 Å². The highest BCUT2D eigenvalue weighted by Gasteiger charge is 2.12. The summed E-state index contributed by atoms with van der Waals surface area (Å²) in [4.78, 5) is 6.00. The van der Waals surface area contributed by atoms with Gasteiger partial charge in [0.15, 0.2) is 5.96 Å². The average Bonchev–Trinajstić information content (AvgIpc) is 2.66. The van der Waals surface area contributed by atoms with E-state index in [1.54, 1.807) is 19.2 Å². The molecule has 9 heteroatoms. The van der Waals surface area contributed by atoms with E-state index in [2.05, 4.69) is 15.0 Å². The number of guanidine groups is 1. The zero-order valence-electron chi connectivity index (χ0n) is 15.9. The van der Waals surface area contributed by atoms with Crippen LogP contribution in [0.1, 0.15) is 11.1 Å². The molecule has 0 radical (unpaired) electrons. The van der Waals surface area contributed by atoms with Gasteiger partial charge in [-0.1, -0.05) is 42.5 Å². The summed E-state index contributed by atoms with van der Waals surface area (Å²) in [7, 11) is 0.0641. The Kier molecular flexibility index (Phi) is 10.4. The van der Waals surface area contributed by atoms with Crippen molar-refractivity contribution in [2.45, 2.75) is 13.1 Å². The Bertz CT molecular complexity index is 846. The fraction of sp³-hybridized carbons (Fsp3) is 0.316. The van der Waals surface area contributed by atoms with Gasteiger partial charge in [0.05, 0.1) is 5.75 Å². The number of hydrogen-bond donors (Lipinski definition) is 2. The molecule has 28 heavy (non-hydrogen) atoms. The van der Waals surface area contributed by atoms with Gasteiger partial charge in [0, 0.05) is 33.7 Å². The van der Waals surface area contributed by atoms with E-state index >= 15 is 0 Å². The van der Waals surface area contributed by atoms with E-state index in [0.29, 0.717) is 12.5 Å². The maximum atomic E-state index is 13.0. The zero-order valence-corrected chi connectivity index (χ0v) is 19.1. The number of halogens is 2. The van der Waals surface area contributed by atoms with Crippen LogP contribution in [0.4, 0.5) is 4.39 Å². The maximum absolute atomic E-state index is 13.0. The van der Waals surface area contributed by atoms with E-state index in [4.69, 9.17) is 0 Å². The molecule has 2 N–H and O–H groups in total. The van der Waals surface area contributed by atoms with E-state index in [1.165, 1.54) is 12.1 Å². The lowest BCUT2D eigenvalue weighted by atomic mass is 10.2. The number of aliphatic imine (C=N–C) groups is 1. The summed E-state index contributed by atoms with van der Waals surface area (Å²) in [6.07, 6.45) is 0. The largest absolute Gasteiger partial charge is 0.355 e. The van der Waals surface area contributed by atoms with Gasteiger partial charge in [-0.15, -0.1) is 24.0 Å². The van der Waals surface area contributed by atoms with Crippen LogP contribution in [0.3, 0.4) is 0 Å². The van der Waals surface area contributed by atoms with E-state index in [0.717, 1.165) is 11.1 Å². The zero-order chi connectivity index (χ0) is 19.7. The van der Waals surface area contributed by atoms with Crippen molar-refractivity contribution in [1.82, 2.24) is 14.9 Å². The molecule has 0 aliphatic carbocycles. The molecule has 0 saturated heterocycles. The second-order valence-corrected chi connectivity index (χ2v) is 8.01. The van der Waals surface area contributed by atoms with Crippen LogP contribution < -0.4 is 10.0 Å². The number of sulfonamides is 1. The molecule has 2 aromatic rings. The van der Waals surface area contributed by atoms with Gasteiger partial charge in [-0.25, -0.2) is 17.5 Å². The van der Waals surface area contributed by atoms with Gasteiger partial charge in [0.25, 0.3) is 0 Å². The first kappa shape index (κ1) is 24.3. The van der Waals surface area contributed by atoms with Crippen LogP contribution in [0.5, 0.6) is 0 Å². The van der Waals surface area contributed by atoms with Crippen LogP contribution >= 0.6 is 24.0 Å². The summed E-state index contributed by atoms with van der Waals surface area (Å²) in [5.41, 5.74) is 1.84. The van der Waals surface area contributed by atoms with Gasteiger partial charge >= 0.3 is 0 Å². The van der Waals surface area contributed by atoms with Crippen molar-refractivity contribution < 1.29 is 12.8 Å². The standard InChI is InChI=1S/C19H25FN4O2S.HI/c1-21-19(24(2)15-17-8-10-18(20)11-9-17)22-12-13-27(25,26)23-14-16-6-4-3-5-7-16;/h3-11,23H,12-15H2,1-2H3,(H,21,22);1H. The number of benzene rings is 2. The van der Waals surface area contributed by atoms with Crippen LogP contribution in [-0.2, 0) is 23.1 Å². The number of nitrogens with zero attached hydrogens (tertiary/aromatic N) is 2. The molecule has 6 nitrogen and oxygen atoms in total. The molecule has 0 spiro atoms. The van der Waals surface area contributed by atoms with Gasteiger partial charge in [0.1, 0.15) is 5.82 Å². The van der Waals surface area contributed by atoms with Gasteiger partial charge < -0.3 is 10.2 Å². The molecule has 2 rings (SSSR count). The molecular weight excluding hydrogens is 494 g/mol. The minimum atomic E-state index is -3.40. The molecule has 0 amide bonds. The summed E-state index contributed by atoms with van der Waals surface area (Å²) in [6, 6.07) is 15.6. The predicted molar refractivity (Wildman–Crippen MR) is 122 cm³/mol. The number of hydrogen-bond acceptors (Lipinski definition) is 3. The molecule has 0 saturated carbocycles. The summed E-state index contributed by atoms with van der Waals surface area (Å²) >= 11 is 0. The quantitative estimate of drug-likeness (QED) is 0.319. The molecular formula is C19H26FIN4O2S. The Balaban J connectivity index is 0.00000392. The maximum Gasteiger partial charge on any atom is 0.213 e. The first-order valence-electron chi connectivity index (χ1n) is 8.57. The topological polar surface area (TPSA) is 73.8 Å². The Morgan fingerprint density at radius 2 is 1.71 bits per heavy atom. The SMILES string of the molecule is CN=C(NCCS(=O)(=O)NCc1ccccc1)N(C)Cc1ccc(F)cc1.I. The van der Waals surface area contributed by atoms with Crippen LogP contribution in [0, 0.1) is 5.82 Å². The highest BCUT2D eigenvalue weighted by Crippen LogP contribution is 2.05. The normalized spacial score (nSPS) is 11.6. The van der Waals surface area contributed by atoms with Crippen LogP contribution in [0.15, 0.2) is 59.6 Å². The minimum absolute atomic E-state index is 0. The van der Waals surface area contributed by atoms with Gasteiger partial charge in [-0.05, 0) is 23.3 Å². The summed E-state index contributed by atoms with van der Waals surface area (Å²) in [5.74, 6) is 0.221. The van der Waals surface area contributed by atoms with Crippen molar-refractivity contribution in [3.63, 3.8) is 0 Å². The molecule has 0 aromatic heterocycles. The Hall–Kier alpha value is -1.72. The molecule has 2 aromatic carbocycles. The first-order chi connectivity index (χ1) is 12.9. The lowest BCUT2D eigenvalue weighted by molar-refractivity contribution is 0.478. The Labute approximate surface area is 183 Å². The van der Waals surface area contributed by atoms with E-state index in [1.807, 2.05) is 42.3 Å². The molecule has 154 valence electrons. The van der Waals surface area contributed by atoms with Gasteiger partial charge in [-0.3, -0.25) is 4.99 Å². The second-order valence-electron chi connectivity index (χ2n) is 6.08. The predicted octanol–water partition coefficient (Wildman–Crippen LogP) is 2.57.